The first kappa shape index (κ1) is 14.3. The number of carbonyl (C=O) groups excluding carboxylic acids is 1. The molecule has 0 atom stereocenters. The lowest BCUT2D eigenvalue weighted by molar-refractivity contribution is -0.136. The number of ketones is 1. The Balaban J connectivity index is 2.19. The van der Waals surface area contributed by atoms with Gasteiger partial charge >= 0.3 is 5.97 Å². The average molecular weight is 315 g/mol. The highest BCUT2D eigenvalue weighted by Gasteiger charge is 2.21. The summed E-state index contributed by atoms with van der Waals surface area (Å²) in [5, 5.41) is 10.3. The smallest absolute Gasteiger partial charge is 0.307 e. The van der Waals surface area contributed by atoms with Crippen molar-refractivity contribution in [2.75, 3.05) is 0 Å². The zero-order valence-corrected chi connectivity index (χ0v) is 12.1. The zero-order chi connectivity index (χ0) is 15.7. The van der Waals surface area contributed by atoms with Crippen molar-refractivity contribution in [1.82, 2.24) is 9.97 Å². The second-order valence-corrected chi connectivity index (χ2v) is 5.24. The number of hydrogen-bond acceptors (Lipinski definition) is 3. The molecule has 3 rings (SSSR count). The van der Waals surface area contributed by atoms with Crippen molar-refractivity contribution in [3.63, 3.8) is 0 Å². The van der Waals surface area contributed by atoms with E-state index in [-0.39, 0.29) is 17.9 Å². The van der Waals surface area contributed by atoms with Crippen molar-refractivity contribution in [3.8, 4) is 0 Å². The van der Waals surface area contributed by atoms with Crippen molar-refractivity contribution >= 4 is 34.3 Å². The van der Waals surface area contributed by atoms with E-state index in [1.54, 1.807) is 30.3 Å². The van der Waals surface area contributed by atoms with E-state index >= 15 is 0 Å². The Hall–Kier alpha value is -2.66. The molecule has 0 saturated heterocycles. The van der Waals surface area contributed by atoms with Crippen LogP contribution in [0, 0.1) is 0 Å². The summed E-state index contributed by atoms with van der Waals surface area (Å²) < 4.78 is 0. The second-order valence-electron chi connectivity index (χ2n) is 4.80. The summed E-state index contributed by atoms with van der Waals surface area (Å²) in [6.07, 6.45) is 2.79. The Kier molecular flexibility index (Phi) is 3.65. The quantitative estimate of drug-likeness (QED) is 0.725. The van der Waals surface area contributed by atoms with Gasteiger partial charge in [0.1, 0.15) is 0 Å². The molecule has 0 spiro atoms. The fraction of sp³-hybridized carbons (Fsp3) is 0.0625. The molecule has 2 aromatic heterocycles. The summed E-state index contributed by atoms with van der Waals surface area (Å²) in [4.78, 5) is 30.6. The molecule has 0 radical (unpaired) electrons. The molecule has 3 aromatic rings. The molecule has 2 N–H and O–H groups in total. The van der Waals surface area contributed by atoms with Gasteiger partial charge in [0.05, 0.1) is 12.1 Å². The first-order valence-electron chi connectivity index (χ1n) is 6.53. The van der Waals surface area contributed by atoms with Crippen molar-refractivity contribution in [2.45, 2.75) is 6.42 Å². The Morgan fingerprint density at radius 3 is 2.59 bits per heavy atom. The molecular formula is C16H11ClN2O3. The normalized spacial score (nSPS) is 10.8. The molecule has 110 valence electrons. The third-order valence-electron chi connectivity index (χ3n) is 3.37. The fourth-order valence-electron chi connectivity index (χ4n) is 2.40. The topological polar surface area (TPSA) is 83.0 Å². The average Bonchev–Trinajstić information content (AvgIpc) is 2.84. The van der Waals surface area contributed by atoms with E-state index in [0.717, 1.165) is 0 Å². The Bertz CT molecular complexity index is 872. The minimum Gasteiger partial charge on any atom is -0.481 e. The number of aliphatic carboxylic acids is 1. The van der Waals surface area contributed by atoms with Crippen LogP contribution in [0.4, 0.5) is 0 Å². The van der Waals surface area contributed by atoms with Crippen LogP contribution in [0.2, 0.25) is 5.02 Å². The third kappa shape index (κ3) is 2.58. The van der Waals surface area contributed by atoms with E-state index < -0.39 is 5.97 Å². The lowest BCUT2D eigenvalue weighted by Gasteiger charge is -2.02. The van der Waals surface area contributed by atoms with Gasteiger partial charge in [-0.05, 0) is 24.3 Å². The van der Waals surface area contributed by atoms with Gasteiger partial charge in [-0.15, -0.1) is 0 Å². The zero-order valence-electron chi connectivity index (χ0n) is 11.3. The fourth-order valence-corrected chi connectivity index (χ4v) is 2.58. The molecule has 0 saturated carbocycles. The number of hydrogen-bond donors (Lipinski definition) is 2. The van der Waals surface area contributed by atoms with Gasteiger partial charge < -0.3 is 10.1 Å². The van der Waals surface area contributed by atoms with Crippen molar-refractivity contribution < 1.29 is 14.7 Å². The number of nitrogens with zero attached hydrogens (tertiary/aromatic N) is 1. The Labute approximate surface area is 130 Å². The molecule has 1 aromatic carbocycles. The summed E-state index contributed by atoms with van der Waals surface area (Å²) in [6.45, 7) is 0. The Morgan fingerprint density at radius 1 is 1.18 bits per heavy atom. The van der Waals surface area contributed by atoms with Crippen LogP contribution in [-0.2, 0) is 11.2 Å². The highest BCUT2D eigenvalue weighted by atomic mass is 35.5. The predicted molar refractivity (Wildman–Crippen MR) is 82.3 cm³/mol. The van der Waals surface area contributed by atoms with E-state index in [4.69, 9.17) is 16.7 Å². The molecule has 0 aliphatic carbocycles. The molecule has 5 nitrogen and oxygen atoms in total. The van der Waals surface area contributed by atoms with Crippen molar-refractivity contribution in [2.24, 2.45) is 0 Å². The van der Waals surface area contributed by atoms with Crippen LogP contribution in [0.1, 0.15) is 21.6 Å². The molecule has 22 heavy (non-hydrogen) atoms. The molecule has 0 bridgehead atoms. The minimum atomic E-state index is -1.00. The minimum absolute atomic E-state index is 0.242. The Morgan fingerprint density at radius 2 is 1.91 bits per heavy atom. The summed E-state index contributed by atoms with van der Waals surface area (Å²) in [5.41, 5.74) is 1.81. The van der Waals surface area contributed by atoms with Gasteiger partial charge in [-0.1, -0.05) is 17.7 Å². The first-order chi connectivity index (χ1) is 10.6. The first-order valence-corrected chi connectivity index (χ1v) is 6.90. The number of H-pyrrole nitrogens is 1. The van der Waals surface area contributed by atoms with Crippen LogP contribution in [0.25, 0.3) is 10.9 Å². The van der Waals surface area contributed by atoms with Crippen LogP contribution in [0.3, 0.4) is 0 Å². The van der Waals surface area contributed by atoms with Crippen molar-refractivity contribution in [3.05, 3.63) is 64.6 Å². The summed E-state index contributed by atoms with van der Waals surface area (Å²) in [5.74, 6) is -1.27. The van der Waals surface area contributed by atoms with E-state index in [0.29, 0.717) is 27.1 Å². The van der Waals surface area contributed by atoms with E-state index in [9.17, 15) is 9.59 Å². The molecule has 0 fully saturated rings. The standard InChI is InChI=1S/C16H11ClN2O3/c17-10-1-2-11-12(8-14(20)21)15(19-13(11)7-10)16(22)9-3-5-18-6-4-9/h1-7,19H,8H2,(H,20,21). The van der Waals surface area contributed by atoms with E-state index in [1.165, 1.54) is 12.4 Å². The number of benzene rings is 1. The van der Waals surface area contributed by atoms with Gasteiger partial charge in [0.25, 0.3) is 0 Å². The van der Waals surface area contributed by atoms with Gasteiger partial charge in [-0.25, -0.2) is 0 Å². The number of halogens is 1. The number of pyridine rings is 1. The van der Waals surface area contributed by atoms with Gasteiger partial charge in [-0.3, -0.25) is 14.6 Å². The monoisotopic (exact) mass is 314 g/mol. The van der Waals surface area contributed by atoms with Crippen LogP contribution in [0.15, 0.2) is 42.7 Å². The van der Waals surface area contributed by atoms with Crippen LogP contribution < -0.4 is 0 Å². The molecule has 0 unspecified atom stereocenters. The number of aromatic amines is 1. The number of carboxylic acids is 1. The summed E-state index contributed by atoms with van der Waals surface area (Å²) in [7, 11) is 0. The molecule has 0 amide bonds. The maximum Gasteiger partial charge on any atom is 0.307 e. The number of carboxylic acid groups (broad SMARTS) is 1. The third-order valence-corrected chi connectivity index (χ3v) is 3.60. The van der Waals surface area contributed by atoms with Crippen LogP contribution >= 0.6 is 11.6 Å². The lowest BCUT2D eigenvalue weighted by atomic mass is 10.0. The lowest BCUT2D eigenvalue weighted by Crippen LogP contribution is -2.08. The maximum absolute atomic E-state index is 12.6. The van der Waals surface area contributed by atoms with Gasteiger partial charge in [0.2, 0.25) is 5.78 Å². The van der Waals surface area contributed by atoms with Crippen LogP contribution in [0.5, 0.6) is 0 Å². The second kappa shape index (κ2) is 5.61. The van der Waals surface area contributed by atoms with E-state index in [2.05, 4.69) is 9.97 Å². The summed E-state index contributed by atoms with van der Waals surface area (Å²) >= 11 is 5.95. The number of fused-ring (bicyclic) bond motifs is 1. The maximum atomic E-state index is 12.6. The number of carbonyl (C=O) groups is 2. The largest absolute Gasteiger partial charge is 0.481 e. The molecular weight excluding hydrogens is 304 g/mol. The highest BCUT2D eigenvalue weighted by molar-refractivity contribution is 6.31. The molecule has 0 aliphatic rings. The highest BCUT2D eigenvalue weighted by Crippen LogP contribution is 2.27. The number of rotatable bonds is 4. The summed E-state index contributed by atoms with van der Waals surface area (Å²) in [6, 6.07) is 8.24. The number of aromatic nitrogens is 2. The predicted octanol–water partition coefficient (Wildman–Crippen LogP) is 3.07. The van der Waals surface area contributed by atoms with Crippen molar-refractivity contribution in [1.29, 1.82) is 0 Å². The SMILES string of the molecule is O=C(O)Cc1c(C(=O)c2ccncc2)[nH]c2cc(Cl)ccc12. The molecule has 2 heterocycles. The van der Waals surface area contributed by atoms with Crippen LogP contribution in [-0.4, -0.2) is 26.8 Å². The van der Waals surface area contributed by atoms with Gasteiger partial charge in [-0.2, -0.15) is 0 Å². The van der Waals surface area contributed by atoms with Gasteiger partial charge in [0.15, 0.2) is 0 Å². The number of nitrogens with one attached hydrogen (secondary N) is 1. The van der Waals surface area contributed by atoms with E-state index in [1.807, 2.05) is 0 Å². The van der Waals surface area contributed by atoms with Gasteiger partial charge in [0, 0.05) is 39.4 Å². The molecule has 0 aliphatic heterocycles. The molecule has 6 heteroatoms.